The van der Waals surface area contributed by atoms with Crippen LogP contribution in [0.15, 0.2) is 47.0 Å². The summed E-state index contributed by atoms with van der Waals surface area (Å²) in [6, 6.07) is 11.8. The Morgan fingerprint density at radius 1 is 1.21 bits per heavy atom. The molecule has 14 heavy (non-hydrogen) atoms. The summed E-state index contributed by atoms with van der Waals surface area (Å²) in [5, 5.41) is 8.37. The number of benzene rings is 1. The van der Waals surface area contributed by atoms with Gasteiger partial charge in [0.05, 0.1) is 6.07 Å². The average Bonchev–Trinajstić information content (AvgIpc) is 2.26. The molecular weight excluding hydrogens is 306 g/mol. The maximum atomic E-state index is 8.37. The highest BCUT2D eigenvalue weighted by molar-refractivity contribution is 9.16. The molecule has 1 nitrogen and oxygen atoms in total. The summed E-state index contributed by atoms with van der Waals surface area (Å²) in [7, 11) is 0. The van der Waals surface area contributed by atoms with E-state index in [9.17, 15) is 0 Å². The van der Waals surface area contributed by atoms with Crippen molar-refractivity contribution < 1.29 is 0 Å². The summed E-state index contributed by atoms with van der Waals surface area (Å²) in [6.45, 7) is 0. The molecule has 0 bridgehead atoms. The molecule has 0 atom stereocenters. The Balaban J connectivity index is 3.00. The van der Waals surface area contributed by atoms with E-state index in [4.69, 9.17) is 5.26 Å². The third-order valence-corrected chi connectivity index (χ3v) is 3.62. The fourth-order valence-electron chi connectivity index (χ4n) is 0.906. The first-order valence-corrected chi connectivity index (χ1v) is 5.51. The second kappa shape index (κ2) is 5.79. The van der Waals surface area contributed by atoms with Crippen molar-refractivity contribution in [2.45, 2.75) is 0 Å². The van der Waals surface area contributed by atoms with Crippen LogP contribution in [0.4, 0.5) is 0 Å². The number of nitriles is 1. The molecule has 0 saturated carbocycles. The van der Waals surface area contributed by atoms with Crippen LogP contribution in [0.1, 0.15) is 5.56 Å². The van der Waals surface area contributed by atoms with E-state index in [1.54, 1.807) is 6.08 Å². The summed E-state index contributed by atoms with van der Waals surface area (Å²) < 4.78 is 1.79. The van der Waals surface area contributed by atoms with Gasteiger partial charge < -0.3 is 0 Å². The van der Waals surface area contributed by atoms with Crippen LogP contribution < -0.4 is 0 Å². The zero-order chi connectivity index (χ0) is 10.4. The normalized spacial score (nSPS) is 12.4. The van der Waals surface area contributed by atoms with Crippen LogP contribution in [0.2, 0.25) is 0 Å². The first kappa shape index (κ1) is 11.2. The van der Waals surface area contributed by atoms with Crippen molar-refractivity contribution in [2.75, 3.05) is 0 Å². The predicted octanol–water partition coefficient (Wildman–Crippen LogP) is 4.22. The molecule has 0 aliphatic heterocycles. The topological polar surface area (TPSA) is 23.8 Å². The SMILES string of the molecule is N#CC=CC(Br)=C(Br)c1ccccc1. The Labute approximate surface area is 100 Å². The third-order valence-electron chi connectivity index (χ3n) is 1.54. The lowest BCUT2D eigenvalue weighted by atomic mass is 10.2. The molecule has 1 aromatic rings. The smallest absolute Gasteiger partial charge is 0.0912 e. The number of rotatable bonds is 2. The summed E-state index contributed by atoms with van der Waals surface area (Å²) >= 11 is 6.83. The quantitative estimate of drug-likeness (QED) is 0.592. The van der Waals surface area contributed by atoms with Gasteiger partial charge in [-0.3, -0.25) is 0 Å². The summed E-state index contributed by atoms with van der Waals surface area (Å²) in [6.07, 6.45) is 3.13. The van der Waals surface area contributed by atoms with Crippen molar-refractivity contribution in [3.8, 4) is 6.07 Å². The zero-order valence-corrected chi connectivity index (χ0v) is 10.4. The van der Waals surface area contributed by atoms with Crippen molar-refractivity contribution in [1.82, 2.24) is 0 Å². The first-order valence-electron chi connectivity index (χ1n) is 3.92. The fraction of sp³-hybridized carbons (Fsp3) is 0. The lowest BCUT2D eigenvalue weighted by molar-refractivity contribution is 1.53. The van der Waals surface area contributed by atoms with Crippen LogP contribution in [-0.4, -0.2) is 0 Å². The van der Waals surface area contributed by atoms with E-state index in [1.807, 2.05) is 36.4 Å². The molecule has 70 valence electrons. The van der Waals surface area contributed by atoms with E-state index in [0.29, 0.717) is 0 Å². The van der Waals surface area contributed by atoms with E-state index < -0.39 is 0 Å². The molecule has 0 N–H and O–H groups in total. The number of hydrogen-bond acceptors (Lipinski definition) is 1. The molecular formula is C11H7Br2N. The molecule has 0 fully saturated rings. The Morgan fingerprint density at radius 3 is 2.43 bits per heavy atom. The van der Waals surface area contributed by atoms with E-state index in [1.165, 1.54) is 6.08 Å². The lowest BCUT2D eigenvalue weighted by Gasteiger charge is -1.99. The minimum Gasteiger partial charge on any atom is -0.193 e. The van der Waals surface area contributed by atoms with Crippen LogP contribution >= 0.6 is 31.9 Å². The average molecular weight is 313 g/mol. The van der Waals surface area contributed by atoms with Crippen LogP contribution in [-0.2, 0) is 0 Å². The second-order valence-corrected chi connectivity index (χ2v) is 4.14. The number of nitrogens with zero attached hydrogens (tertiary/aromatic N) is 1. The Kier molecular flexibility index (Phi) is 4.64. The zero-order valence-electron chi connectivity index (χ0n) is 7.24. The van der Waals surface area contributed by atoms with Crippen LogP contribution in [0.3, 0.4) is 0 Å². The monoisotopic (exact) mass is 311 g/mol. The van der Waals surface area contributed by atoms with Crippen molar-refractivity contribution >= 4 is 36.3 Å². The molecule has 0 amide bonds. The molecule has 0 spiro atoms. The molecule has 3 heteroatoms. The number of allylic oxidation sites excluding steroid dienone is 3. The van der Waals surface area contributed by atoms with Crippen molar-refractivity contribution in [3.05, 3.63) is 52.5 Å². The van der Waals surface area contributed by atoms with Gasteiger partial charge in [0, 0.05) is 15.0 Å². The molecule has 0 saturated heterocycles. The van der Waals surface area contributed by atoms with Gasteiger partial charge >= 0.3 is 0 Å². The second-order valence-electron chi connectivity index (χ2n) is 2.49. The van der Waals surface area contributed by atoms with Crippen LogP contribution in [0, 0.1) is 11.3 Å². The number of halogens is 2. The van der Waals surface area contributed by atoms with Gasteiger partial charge in [-0.05, 0) is 43.5 Å². The van der Waals surface area contributed by atoms with Crippen LogP contribution in [0.25, 0.3) is 4.48 Å². The van der Waals surface area contributed by atoms with Crippen molar-refractivity contribution in [2.24, 2.45) is 0 Å². The standard InChI is InChI=1S/C11H7Br2N/c12-10(7-4-8-14)11(13)9-5-2-1-3-6-9/h1-7H. The van der Waals surface area contributed by atoms with E-state index in [-0.39, 0.29) is 0 Å². The molecule has 0 heterocycles. The van der Waals surface area contributed by atoms with Gasteiger partial charge in [0.2, 0.25) is 0 Å². The molecule has 1 rings (SSSR count). The maximum Gasteiger partial charge on any atom is 0.0912 e. The summed E-state index contributed by atoms with van der Waals surface area (Å²) in [5.74, 6) is 0. The van der Waals surface area contributed by atoms with Crippen molar-refractivity contribution in [3.63, 3.8) is 0 Å². The van der Waals surface area contributed by atoms with Gasteiger partial charge in [-0.15, -0.1) is 0 Å². The van der Waals surface area contributed by atoms with Gasteiger partial charge in [0.25, 0.3) is 0 Å². The minimum atomic E-state index is 0.852. The van der Waals surface area contributed by atoms with E-state index in [2.05, 4.69) is 31.9 Å². The van der Waals surface area contributed by atoms with Gasteiger partial charge in [0.15, 0.2) is 0 Å². The van der Waals surface area contributed by atoms with Crippen LogP contribution in [0.5, 0.6) is 0 Å². The number of hydrogen-bond donors (Lipinski definition) is 0. The third kappa shape index (κ3) is 3.13. The molecule has 0 unspecified atom stereocenters. The molecule has 0 aliphatic carbocycles. The molecule has 0 aliphatic rings. The minimum absolute atomic E-state index is 0.852. The van der Waals surface area contributed by atoms with Gasteiger partial charge in [0.1, 0.15) is 0 Å². The predicted molar refractivity (Wildman–Crippen MR) is 66.0 cm³/mol. The van der Waals surface area contributed by atoms with Gasteiger partial charge in [-0.25, -0.2) is 0 Å². The van der Waals surface area contributed by atoms with Gasteiger partial charge in [-0.2, -0.15) is 5.26 Å². The van der Waals surface area contributed by atoms with E-state index >= 15 is 0 Å². The Hall–Kier alpha value is -0.850. The fourth-order valence-corrected chi connectivity index (χ4v) is 1.66. The molecule has 0 radical (unpaired) electrons. The highest BCUT2D eigenvalue weighted by atomic mass is 79.9. The summed E-state index contributed by atoms with van der Waals surface area (Å²) in [4.78, 5) is 0. The summed E-state index contributed by atoms with van der Waals surface area (Å²) in [5.41, 5.74) is 1.07. The maximum absolute atomic E-state index is 8.37. The Morgan fingerprint density at radius 2 is 1.86 bits per heavy atom. The Bertz CT molecular complexity index is 399. The van der Waals surface area contributed by atoms with E-state index in [0.717, 1.165) is 14.5 Å². The molecule has 0 aromatic heterocycles. The van der Waals surface area contributed by atoms with Gasteiger partial charge in [-0.1, -0.05) is 30.3 Å². The van der Waals surface area contributed by atoms with Crippen molar-refractivity contribution in [1.29, 1.82) is 5.26 Å². The first-order chi connectivity index (χ1) is 6.75. The lowest BCUT2D eigenvalue weighted by Crippen LogP contribution is -1.76. The highest BCUT2D eigenvalue weighted by Gasteiger charge is 1.99. The highest BCUT2D eigenvalue weighted by Crippen LogP contribution is 2.28. The molecule has 1 aromatic carbocycles. The largest absolute Gasteiger partial charge is 0.193 e.